The number of aldehydes is 2. The van der Waals surface area contributed by atoms with Gasteiger partial charge in [-0.2, -0.15) is 54.8 Å². The van der Waals surface area contributed by atoms with E-state index in [-0.39, 0.29) is 159 Å². The van der Waals surface area contributed by atoms with E-state index in [2.05, 4.69) is 89.9 Å². The molecule has 1 unspecified atom stereocenters. The summed E-state index contributed by atoms with van der Waals surface area (Å²) in [5.41, 5.74) is 7.73. The Bertz CT molecular complexity index is 6500. The average Bonchev–Trinajstić information content (AvgIpc) is 1.61. The molecule has 22 nitrogen and oxygen atoms in total. The van der Waals surface area contributed by atoms with Crippen LogP contribution in [0.2, 0.25) is 78.4 Å². The second kappa shape index (κ2) is 52.6. The van der Waals surface area contributed by atoms with E-state index in [1.54, 1.807) is 89.6 Å². The highest BCUT2D eigenvalue weighted by molar-refractivity contribution is 6.75. The number of ketones is 1. The highest BCUT2D eigenvalue weighted by Crippen LogP contribution is 2.45. The van der Waals surface area contributed by atoms with Crippen molar-refractivity contribution in [3.05, 3.63) is 277 Å². The second-order valence-electron chi connectivity index (χ2n) is 28.8. The molecule has 15 aromatic rings. The van der Waals surface area contributed by atoms with Crippen LogP contribution in [-0.2, 0) is 21.1 Å². The smallest absolute Gasteiger partial charge is 0.422 e. The molecular weight excluding hydrogens is 2060 g/mol. The van der Waals surface area contributed by atoms with E-state index in [0.29, 0.717) is 55.3 Å². The zero-order chi connectivity index (χ0) is 95.1. The van der Waals surface area contributed by atoms with Gasteiger partial charge in [0.15, 0.2) is 38.2 Å². The Hall–Kier alpha value is -10.1. The number of hydrogen-bond donors (Lipinski definition) is 6. The Kier molecular flexibility index (Phi) is 47.1. The van der Waals surface area contributed by atoms with Crippen molar-refractivity contribution >= 4 is 199 Å². The van der Waals surface area contributed by atoms with E-state index in [1.165, 1.54) is 66.9 Å². The average molecular weight is 2160 g/mol. The van der Waals surface area contributed by atoms with Crippen LogP contribution in [0.5, 0.6) is 34.5 Å². The SMILES string of the molecule is C.C.C.C.C.C.C.CC(C)(C)[Si](C)(C)Oc1ccc(Cl)cc1Cl.Cn1cc(-c2cnc3[nH]cc(C(=O)c4c(Cl)ccc(OCC(F)(F)F)c4Cl)c3c2)cn1.Cn1cc(-c2cnc3[nH]cc(C(O)c4c(Cl)ccc(OCC(F)(F)F)c4Cl)c3c2)cn1.Cn1cc(-c2cnc3[nH]ccc3c2)cn1.O=Cc1c(Cl)ccc(O)c1Cl.O=Cc1c(Cl)ccc(OCC(F)(F)F)c1Cl.Oc1ccc(Cl)cc1Cl. The van der Waals surface area contributed by atoms with Gasteiger partial charge in [0.25, 0.3) is 8.32 Å². The quantitative estimate of drug-likeness (QED) is 0.0214. The molecule has 0 aliphatic carbocycles. The Morgan fingerprint density at radius 1 is 0.441 bits per heavy atom. The summed E-state index contributed by atoms with van der Waals surface area (Å²) in [5, 5.41) is 45.3. The molecule has 0 saturated heterocycles. The minimum Gasteiger partial charge on any atom is -0.543 e. The predicted octanol–water partition coefficient (Wildman–Crippen LogP) is 31.5. The fourth-order valence-electron chi connectivity index (χ4n) is 11.0. The van der Waals surface area contributed by atoms with Crippen molar-refractivity contribution in [1.29, 1.82) is 0 Å². The molecular formula is C92H97Cl12F9N12O10Si. The summed E-state index contributed by atoms with van der Waals surface area (Å²) in [7, 11) is 3.65. The van der Waals surface area contributed by atoms with Gasteiger partial charge in [-0.1, -0.05) is 212 Å². The van der Waals surface area contributed by atoms with Crippen molar-refractivity contribution in [2.45, 2.75) is 116 Å². The standard InChI is InChI=1S/C20H15Cl2F3N4O2.C20H13Cl2F3N4O2.C12H18Cl2OSi.C11H10N4.C9H5Cl2F3O2.C7H4Cl2O2.C6H4Cl2O.7CH4/c2*1-29-8-11(6-28-29)10-4-12-13(7-27-19(12)26-5-10)18(30)16-14(21)2-3-15(17(16)22)31-9-20(23,24)25;1-12(2,3)16(4,5)15-11-7-6-9(13)8-10(11)14;1-15-7-10(6-14-15)9-4-8-2-3-12-11(8)13-5-9;10-6-1-2-7(8(11)5(6)3-15)16-4-9(12,13)14;8-5-1-2-6(11)7(9)4(5)3-10;7-4-1-2-6(9)5(8)3-4;;;;;;;/h2-8,18,30H,9H2,1H3,(H,26,27);2-8H,9H2,1H3,(H,26,27);6-8H,1-5H3;2-7H,1H3,(H,12,13);1-3H,4H2;1-3,11H;1-3,9H;7*1H4. The van der Waals surface area contributed by atoms with Gasteiger partial charge in [-0.3, -0.25) is 28.4 Å². The van der Waals surface area contributed by atoms with Crippen LogP contribution in [0.1, 0.15) is 127 Å². The summed E-state index contributed by atoms with van der Waals surface area (Å²) in [4.78, 5) is 56.1. The minimum absolute atomic E-state index is 0. The van der Waals surface area contributed by atoms with Crippen LogP contribution in [0, 0.1) is 0 Å². The molecule has 44 heteroatoms. The number of phenols is 2. The number of aliphatic hydroxyl groups excluding tert-OH is 1. The number of rotatable bonds is 17. The van der Waals surface area contributed by atoms with Crippen LogP contribution < -0.4 is 18.6 Å². The lowest BCUT2D eigenvalue weighted by molar-refractivity contribution is -0.154. The Morgan fingerprint density at radius 3 is 1.28 bits per heavy atom. The third kappa shape index (κ3) is 33.0. The number of benzene rings is 6. The van der Waals surface area contributed by atoms with Crippen molar-refractivity contribution in [3.63, 3.8) is 0 Å². The molecule has 0 fully saturated rings. The number of halogens is 21. The number of nitrogens with zero attached hydrogens (tertiary/aromatic N) is 9. The molecule has 0 aliphatic rings. The van der Waals surface area contributed by atoms with Crippen LogP contribution in [0.4, 0.5) is 39.5 Å². The van der Waals surface area contributed by atoms with Gasteiger partial charge in [-0.25, -0.2) is 15.0 Å². The molecule has 0 radical (unpaired) electrons. The number of aromatic nitrogens is 12. The summed E-state index contributed by atoms with van der Waals surface area (Å²) in [5.74, 6) is -0.682. The zero-order valence-corrected chi connectivity index (χ0v) is 77.9. The van der Waals surface area contributed by atoms with Gasteiger partial charge in [0.1, 0.15) is 57.5 Å². The number of fused-ring (bicyclic) bond motifs is 3. The monoisotopic (exact) mass is 2150 g/mol. The van der Waals surface area contributed by atoms with Crippen LogP contribution in [0.3, 0.4) is 0 Å². The van der Waals surface area contributed by atoms with Gasteiger partial charge >= 0.3 is 18.5 Å². The molecule has 9 heterocycles. The van der Waals surface area contributed by atoms with Crippen molar-refractivity contribution in [2.75, 3.05) is 19.8 Å². The molecule has 1 atom stereocenters. The first-order valence-electron chi connectivity index (χ1n) is 36.9. The Morgan fingerprint density at radius 2 is 0.838 bits per heavy atom. The first-order chi connectivity index (χ1) is 60.4. The highest BCUT2D eigenvalue weighted by Gasteiger charge is 2.40. The molecule has 0 bridgehead atoms. The number of ether oxygens (including phenoxy) is 3. The van der Waals surface area contributed by atoms with E-state index >= 15 is 0 Å². The fourth-order valence-corrected chi connectivity index (χ4v) is 15.2. The summed E-state index contributed by atoms with van der Waals surface area (Å²) >= 11 is 70.1. The largest absolute Gasteiger partial charge is 0.543 e. The predicted molar refractivity (Wildman–Crippen MR) is 535 cm³/mol. The maximum Gasteiger partial charge on any atom is 0.422 e. The number of H-pyrrole nitrogens is 3. The molecule has 136 heavy (non-hydrogen) atoms. The molecule has 0 aliphatic heterocycles. The maximum absolute atomic E-state index is 13.3. The summed E-state index contributed by atoms with van der Waals surface area (Å²) in [6.45, 7) is 6.43. The number of aromatic hydroxyl groups is 2. The normalized spacial score (nSPS) is 11.1. The summed E-state index contributed by atoms with van der Waals surface area (Å²) in [6.07, 6.45) is 6.78. The van der Waals surface area contributed by atoms with Gasteiger partial charge in [0.05, 0.1) is 80.5 Å². The fraction of sp³-hybridized carbons (Fsp3) is 0.250. The maximum atomic E-state index is 13.3. The number of carbonyl (C=O) groups is 3. The van der Waals surface area contributed by atoms with E-state index < -0.39 is 58.6 Å². The number of phenolic OH excluding ortho intramolecular Hbond substituents is 2. The van der Waals surface area contributed by atoms with Crippen molar-refractivity contribution < 1.29 is 87.9 Å². The van der Waals surface area contributed by atoms with Crippen molar-refractivity contribution in [2.24, 2.45) is 21.1 Å². The third-order valence-corrected chi connectivity index (χ3v) is 26.6. The van der Waals surface area contributed by atoms with E-state index in [4.69, 9.17) is 163 Å². The topological polar surface area (TPSA) is 288 Å². The number of hydrogen-bond acceptors (Lipinski definition) is 16. The minimum atomic E-state index is -4.56. The molecule has 0 spiro atoms. The number of aryl methyl sites for hydroxylation is 3. The van der Waals surface area contributed by atoms with Crippen LogP contribution in [0.25, 0.3) is 66.5 Å². The molecule has 0 saturated carbocycles. The lowest BCUT2D eigenvalue weighted by atomic mass is 10.00. The Labute approximate surface area is 841 Å². The van der Waals surface area contributed by atoms with Gasteiger partial charge in [0.2, 0.25) is 0 Å². The summed E-state index contributed by atoms with van der Waals surface area (Å²) < 4.78 is 136. The van der Waals surface area contributed by atoms with E-state index in [0.717, 1.165) is 50.2 Å². The molecule has 736 valence electrons. The number of aromatic amines is 3. The lowest BCUT2D eigenvalue weighted by Gasteiger charge is -2.36. The lowest BCUT2D eigenvalue weighted by Crippen LogP contribution is -2.43. The number of aliphatic hydroxyl groups is 1. The van der Waals surface area contributed by atoms with Crippen molar-refractivity contribution in [1.82, 2.24) is 59.2 Å². The summed E-state index contributed by atoms with van der Waals surface area (Å²) in [6, 6.07) is 27.7. The first kappa shape index (κ1) is 122. The van der Waals surface area contributed by atoms with Crippen LogP contribution in [0.15, 0.2) is 184 Å². The van der Waals surface area contributed by atoms with E-state index in [1.807, 2.05) is 56.2 Å². The van der Waals surface area contributed by atoms with Gasteiger partial charge in [0, 0.05) is 158 Å². The molecule has 6 aromatic carbocycles. The van der Waals surface area contributed by atoms with Crippen molar-refractivity contribution in [3.8, 4) is 67.9 Å². The number of carbonyl (C=O) groups excluding carboxylic acids is 3. The number of alkyl halides is 9. The number of pyridine rings is 3. The molecule has 15 rings (SSSR count). The van der Waals surface area contributed by atoms with E-state index in [9.17, 15) is 59.0 Å². The Balaban J connectivity index is 0.000000554. The van der Waals surface area contributed by atoms with Gasteiger partial charge in [-0.15, -0.1) is 0 Å². The van der Waals surface area contributed by atoms with Crippen LogP contribution >= 0.6 is 139 Å². The zero-order valence-electron chi connectivity index (χ0n) is 67.8. The molecule has 0 amide bonds. The second-order valence-corrected chi connectivity index (χ2v) is 38.4. The number of nitrogens with one attached hydrogen (secondary N) is 3. The molecule has 6 N–H and O–H groups in total. The van der Waals surface area contributed by atoms with Gasteiger partial charge in [-0.05, 0) is 127 Å². The van der Waals surface area contributed by atoms with Crippen LogP contribution in [-0.4, -0.2) is 140 Å². The highest BCUT2D eigenvalue weighted by atomic mass is 35.5. The first-order valence-corrected chi connectivity index (χ1v) is 44.3. The third-order valence-electron chi connectivity index (χ3n) is 18.4. The van der Waals surface area contributed by atoms with Gasteiger partial charge < -0.3 is 48.9 Å². The molecule has 9 aromatic heterocycles.